The molecule has 0 aromatic heterocycles. The first-order chi connectivity index (χ1) is 9.49. The lowest BCUT2D eigenvalue weighted by atomic mass is 10.3. The van der Waals surface area contributed by atoms with Gasteiger partial charge in [-0.05, 0) is 37.3 Å². The highest BCUT2D eigenvalue weighted by molar-refractivity contribution is 6.35. The number of aromatic hydroxyl groups is 1. The third-order valence-electron chi connectivity index (χ3n) is 2.06. The van der Waals surface area contributed by atoms with Crippen LogP contribution in [0.5, 0.6) is 17.2 Å². The second-order valence-electron chi connectivity index (χ2n) is 3.58. The molecule has 0 bridgehead atoms. The number of benzene rings is 2. The Balaban J connectivity index is 0.000000612. The molecular weight excluding hydrogens is 323 g/mol. The number of aliphatic hydroxyl groups is 1. The molecule has 6 heteroatoms. The summed E-state index contributed by atoms with van der Waals surface area (Å²) < 4.78 is 5.49. The molecule has 0 saturated heterocycles. The molecule has 0 heterocycles. The van der Waals surface area contributed by atoms with Crippen LogP contribution in [0.4, 0.5) is 0 Å². The second-order valence-corrected chi connectivity index (χ2v) is 4.80. The number of hydrogen-bond acceptors (Lipinski definition) is 3. The quantitative estimate of drug-likeness (QED) is 0.798. The van der Waals surface area contributed by atoms with Crippen molar-refractivity contribution in [3.05, 3.63) is 51.5 Å². The lowest BCUT2D eigenvalue weighted by Crippen LogP contribution is -1.86. The minimum atomic E-state index is -0.0470. The van der Waals surface area contributed by atoms with Gasteiger partial charge in [-0.2, -0.15) is 0 Å². The lowest BCUT2D eigenvalue weighted by Gasteiger charge is -2.09. The maximum atomic E-state index is 9.43. The Morgan fingerprint density at radius 2 is 1.70 bits per heavy atom. The molecule has 0 unspecified atom stereocenters. The highest BCUT2D eigenvalue weighted by Crippen LogP contribution is 2.38. The molecule has 0 saturated carbocycles. The van der Waals surface area contributed by atoms with Gasteiger partial charge in [0.25, 0.3) is 0 Å². The molecule has 20 heavy (non-hydrogen) atoms. The molecular formula is C14H13Cl3O3. The van der Waals surface area contributed by atoms with E-state index in [0.29, 0.717) is 21.5 Å². The smallest absolute Gasteiger partial charge is 0.149 e. The second kappa shape index (κ2) is 8.22. The fraction of sp³-hybridized carbons (Fsp3) is 0.143. The standard InChI is InChI=1S/C12H7Cl3O2.C2H6O/c13-7-4-5-10(8(14)6-7)17-11-3-1-2-9(16)12(11)15;1-2-3/h1-6,16H;3H,2H2,1H3. The van der Waals surface area contributed by atoms with E-state index < -0.39 is 0 Å². The lowest BCUT2D eigenvalue weighted by molar-refractivity contribution is 0.318. The highest BCUT2D eigenvalue weighted by Gasteiger charge is 2.09. The number of hydrogen-bond donors (Lipinski definition) is 2. The minimum absolute atomic E-state index is 0.0470. The molecule has 2 N–H and O–H groups in total. The topological polar surface area (TPSA) is 49.7 Å². The molecule has 0 radical (unpaired) electrons. The molecule has 0 aliphatic carbocycles. The van der Waals surface area contributed by atoms with E-state index in [1.165, 1.54) is 6.07 Å². The first-order valence-corrected chi connectivity index (χ1v) is 6.84. The van der Waals surface area contributed by atoms with Crippen LogP contribution < -0.4 is 4.74 Å². The van der Waals surface area contributed by atoms with Crippen LogP contribution in [0.2, 0.25) is 15.1 Å². The predicted molar refractivity (Wildman–Crippen MR) is 82.4 cm³/mol. The van der Waals surface area contributed by atoms with Crippen molar-refractivity contribution in [2.75, 3.05) is 6.61 Å². The van der Waals surface area contributed by atoms with Crippen molar-refractivity contribution in [3.8, 4) is 17.2 Å². The van der Waals surface area contributed by atoms with Gasteiger partial charge in [-0.1, -0.05) is 40.9 Å². The molecule has 2 aromatic carbocycles. The van der Waals surface area contributed by atoms with Crippen molar-refractivity contribution in [2.24, 2.45) is 0 Å². The van der Waals surface area contributed by atoms with Crippen LogP contribution in [-0.4, -0.2) is 16.8 Å². The number of aliphatic hydroxyl groups excluding tert-OH is 1. The van der Waals surface area contributed by atoms with Gasteiger partial charge in [0.05, 0.1) is 5.02 Å². The maximum absolute atomic E-state index is 9.43. The monoisotopic (exact) mass is 334 g/mol. The molecule has 108 valence electrons. The number of halogens is 3. The zero-order chi connectivity index (χ0) is 15.1. The number of rotatable bonds is 2. The molecule has 0 atom stereocenters. The van der Waals surface area contributed by atoms with Crippen LogP contribution in [-0.2, 0) is 0 Å². The molecule has 0 fully saturated rings. The van der Waals surface area contributed by atoms with E-state index in [1.54, 1.807) is 37.3 Å². The summed E-state index contributed by atoms with van der Waals surface area (Å²) in [4.78, 5) is 0. The van der Waals surface area contributed by atoms with Gasteiger partial charge in [0, 0.05) is 11.6 Å². The van der Waals surface area contributed by atoms with Crippen LogP contribution in [0.15, 0.2) is 36.4 Å². The molecule has 0 amide bonds. The average Bonchev–Trinajstić information content (AvgIpc) is 2.39. The fourth-order valence-electron chi connectivity index (χ4n) is 1.25. The molecule has 0 aliphatic heterocycles. The van der Waals surface area contributed by atoms with E-state index in [0.717, 1.165) is 0 Å². The van der Waals surface area contributed by atoms with Crippen molar-refractivity contribution >= 4 is 34.8 Å². The van der Waals surface area contributed by atoms with Gasteiger partial charge in [0.2, 0.25) is 0 Å². The van der Waals surface area contributed by atoms with E-state index in [1.807, 2.05) is 0 Å². The number of phenols is 1. The zero-order valence-corrected chi connectivity index (χ0v) is 12.9. The van der Waals surface area contributed by atoms with Crippen molar-refractivity contribution in [1.82, 2.24) is 0 Å². The highest BCUT2D eigenvalue weighted by atomic mass is 35.5. The Kier molecular flexibility index (Phi) is 6.96. The van der Waals surface area contributed by atoms with Crippen LogP contribution in [0.25, 0.3) is 0 Å². The summed E-state index contributed by atoms with van der Waals surface area (Å²) in [6.07, 6.45) is 0. The summed E-state index contributed by atoms with van der Waals surface area (Å²) in [6, 6.07) is 9.58. The van der Waals surface area contributed by atoms with E-state index in [2.05, 4.69) is 0 Å². The van der Waals surface area contributed by atoms with Crippen LogP contribution in [0, 0.1) is 0 Å². The largest absolute Gasteiger partial charge is 0.506 e. The Morgan fingerprint density at radius 3 is 2.30 bits per heavy atom. The first-order valence-electron chi connectivity index (χ1n) is 5.70. The van der Waals surface area contributed by atoms with Crippen molar-refractivity contribution < 1.29 is 14.9 Å². The van der Waals surface area contributed by atoms with E-state index in [-0.39, 0.29) is 17.4 Å². The normalized spacial score (nSPS) is 9.65. The van der Waals surface area contributed by atoms with Crippen molar-refractivity contribution in [3.63, 3.8) is 0 Å². The average molecular weight is 336 g/mol. The van der Waals surface area contributed by atoms with Crippen LogP contribution in [0.3, 0.4) is 0 Å². The number of ether oxygens (including phenoxy) is 1. The van der Waals surface area contributed by atoms with Crippen molar-refractivity contribution in [2.45, 2.75) is 6.92 Å². The predicted octanol–water partition coefficient (Wildman–Crippen LogP) is 5.14. The Hall–Kier alpha value is -1.13. The summed E-state index contributed by atoms with van der Waals surface area (Å²) in [5.41, 5.74) is 0. The summed E-state index contributed by atoms with van der Waals surface area (Å²) in [5, 5.41) is 18.0. The summed E-state index contributed by atoms with van der Waals surface area (Å²) in [5.74, 6) is 0.703. The Morgan fingerprint density at radius 1 is 1.05 bits per heavy atom. The van der Waals surface area contributed by atoms with Gasteiger partial charge in [-0.15, -0.1) is 0 Å². The Labute approximate surface area is 132 Å². The molecule has 0 aliphatic rings. The van der Waals surface area contributed by atoms with Gasteiger partial charge < -0.3 is 14.9 Å². The zero-order valence-electron chi connectivity index (χ0n) is 10.6. The van der Waals surface area contributed by atoms with Crippen molar-refractivity contribution in [1.29, 1.82) is 0 Å². The summed E-state index contributed by atoms with van der Waals surface area (Å²) in [6.45, 7) is 1.93. The molecule has 3 nitrogen and oxygen atoms in total. The summed E-state index contributed by atoms with van der Waals surface area (Å²) in [7, 11) is 0. The van der Waals surface area contributed by atoms with Crippen LogP contribution >= 0.6 is 34.8 Å². The van der Waals surface area contributed by atoms with Gasteiger partial charge in [-0.3, -0.25) is 0 Å². The molecule has 0 spiro atoms. The van der Waals surface area contributed by atoms with Gasteiger partial charge in [0.1, 0.15) is 22.3 Å². The molecule has 2 rings (SSSR count). The number of phenolic OH excluding ortho intramolecular Hbond substituents is 1. The van der Waals surface area contributed by atoms with E-state index >= 15 is 0 Å². The third-order valence-corrected chi connectivity index (χ3v) is 2.97. The van der Waals surface area contributed by atoms with E-state index in [9.17, 15) is 5.11 Å². The first kappa shape index (κ1) is 16.9. The SMILES string of the molecule is CCO.Oc1cccc(Oc2ccc(Cl)cc2Cl)c1Cl. The van der Waals surface area contributed by atoms with Crippen LogP contribution in [0.1, 0.15) is 6.92 Å². The van der Waals surface area contributed by atoms with Gasteiger partial charge in [-0.25, -0.2) is 0 Å². The molecule has 2 aromatic rings. The van der Waals surface area contributed by atoms with Gasteiger partial charge >= 0.3 is 0 Å². The third kappa shape index (κ3) is 4.76. The summed E-state index contributed by atoms with van der Waals surface area (Å²) >= 11 is 17.6. The maximum Gasteiger partial charge on any atom is 0.149 e. The Bertz CT molecular complexity index is 574. The van der Waals surface area contributed by atoms with E-state index in [4.69, 9.17) is 44.6 Å². The minimum Gasteiger partial charge on any atom is -0.506 e. The van der Waals surface area contributed by atoms with Gasteiger partial charge in [0.15, 0.2) is 0 Å². The fourth-order valence-corrected chi connectivity index (χ4v) is 1.87.